The van der Waals surface area contributed by atoms with E-state index in [1.54, 1.807) is 0 Å². The van der Waals surface area contributed by atoms with Crippen LogP contribution in [0.3, 0.4) is 0 Å². The number of rotatable bonds is 5. The lowest BCUT2D eigenvalue weighted by molar-refractivity contribution is -0.117. The number of aromatic amines is 1. The smallest absolute Gasteiger partial charge is 0.224 e. The summed E-state index contributed by atoms with van der Waals surface area (Å²) in [6.07, 6.45) is 3.21. The summed E-state index contributed by atoms with van der Waals surface area (Å²) in [6, 6.07) is 12.7. The van der Waals surface area contributed by atoms with E-state index in [0.29, 0.717) is 6.42 Å². The molecule has 5 nitrogen and oxygen atoms in total. The number of aryl methyl sites for hydroxylation is 1. The number of anilines is 2. The van der Waals surface area contributed by atoms with Crippen LogP contribution in [0, 0.1) is 18.2 Å². The largest absolute Gasteiger partial charge is 0.360 e. The lowest BCUT2D eigenvalue weighted by Crippen LogP contribution is -2.28. The highest BCUT2D eigenvalue weighted by molar-refractivity contribution is 5.91. The number of carbonyl (C=O) groups is 1. The summed E-state index contributed by atoms with van der Waals surface area (Å²) >= 11 is 0. The van der Waals surface area contributed by atoms with E-state index in [-0.39, 0.29) is 23.2 Å². The number of aromatic nitrogens is 2. The SMILES string of the molecule is Cc1[nH]ncc1C(c1ccc(F)cc1)N1CCc2cc(NC(=O)CC(C)(C)C)ccc21. The van der Waals surface area contributed by atoms with Gasteiger partial charge in [-0.2, -0.15) is 5.10 Å². The van der Waals surface area contributed by atoms with Crippen molar-refractivity contribution < 1.29 is 9.18 Å². The molecule has 0 aliphatic carbocycles. The van der Waals surface area contributed by atoms with Gasteiger partial charge in [0.1, 0.15) is 5.82 Å². The standard InChI is InChI=1S/C25H29FN4O/c1-16-21(15-27-29-16)24(17-5-7-19(26)8-6-17)30-12-11-18-13-20(9-10-22(18)30)28-23(31)14-25(2,3)4/h5-10,13,15,24H,11-12,14H2,1-4H3,(H,27,29)(H,28,31). The van der Waals surface area contributed by atoms with Crippen LogP contribution in [-0.4, -0.2) is 22.6 Å². The number of hydrogen-bond acceptors (Lipinski definition) is 3. The Hall–Kier alpha value is -3.15. The number of H-pyrrole nitrogens is 1. The fourth-order valence-electron chi connectivity index (χ4n) is 4.27. The van der Waals surface area contributed by atoms with Gasteiger partial charge in [-0.3, -0.25) is 9.89 Å². The number of nitrogens with one attached hydrogen (secondary N) is 2. The van der Waals surface area contributed by atoms with Gasteiger partial charge in [0.15, 0.2) is 0 Å². The number of halogens is 1. The molecule has 3 aromatic rings. The molecule has 31 heavy (non-hydrogen) atoms. The van der Waals surface area contributed by atoms with E-state index in [4.69, 9.17) is 0 Å². The maximum absolute atomic E-state index is 13.6. The molecule has 2 N–H and O–H groups in total. The van der Waals surface area contributed by atoms with Crippen LogP contribution in [0.1, 0.15) is 55.6 Å². The summed E-state index contributed by atoms with van der Waals surface area (Å²) in [5, 5.41) is 10.3. The van der Waals surface area contributed by atoms with Gasteiger partial charge in [0.05, 0.1) is 12.2 Å². The molecule has 0 saturated carbocycles. The van der Waals surface area contributed by atoms with E-state index in [1.165, 1.54) is 17.7 Å². The van der Waals surface area contributed by atoms with Gasteiger partial charge in [-0.25, -0.2) is 4.39 Å². The first-order valence-electron chi connectivity index (χ1n) is 10.7. The van der Waals surface area contributed by atoms with Crippen molar-refractivity contribution >= 4 is 17.3 Å². The third-order valence-electron chi connectivity index (χ3n) is 5.65. The second-order valence-corrected chi connectivity index (χ2v) is 9.48. The van der Waals surface area contributed by atoms with Crippen molar-refractivity contribution in [1.29, 1.82) is 0 Å². The predicted octanol–water partition coefficient (Wildman–Crippen LogP) is 5.38. The molecule has 0 fully saturated rings. The first kappa shape index (κ1) is 21.1. The van der Waals surface area contributed by atoms with Crippen LogP contribution in [0.15, 0.2) is 48.7 Å². The molecule has 2 aromatic carbocycles. The Kier molecular flexibility index (Phi) is 5.56. The molecule has 0 bridgehead atoms. The average Bonchev–Trinajstić information content (AvgIpc) is 3.29. The highest BCUT2D eigenvalue weighted by Crippen LogP contribution is 2.40. The van der Waals surface area contributed by atoms with Gasteiger partial charge in [-0.05, 0) is 60.2 Å². The van der Waals surface area contributed by atoms with Gasteiger partial charge in [-0.15, -0.1) is 0 Å². The summed E-state index contributed by atoms with van der Waals surface area (Å²) in [6.45, 7) is 9.01. The third kappa shape index (κ3) is 4.63. The molecule has 162 valence electrons. The molecule has 1 aliphatic heterocycles. The van der Waals surface area contributed by atoms with Gasteiger partial charge in [-0.1, -0.05) is 32.9 Å². The van der Waals surface area contributed by atoms with Crippen molar-refractivity contribution in [3.8, 4) is 0 Å². The number of carbonyl (C=O) groups excluding carboxylic acids is 1. The summed E-state index contributed by atoms with van der Waals surface area (Å²) in [4.78, 5) is 14.7. The Bertz CT molecular complexity index is 1080. The first-order valence-corrected chi connectivity index (χ1v) is 10.7. The topological polar surface area (TPSA) is 61.0 Å². The van der Waals surface area contributed by atoms with Crippen LogP contribution in [0.25, 0.3) is 0 Å². The normalized spacial score (nSPS) is 14.4. The van der Waals surface area contributed by atoms with Gasteiger partial charge in [0.2, 0.25) is 5.91 Å². The number of fused-ring (bicyclic) bond motifs is 1. The molecule has 1 aliphatic rings. The maximum Gasteiger partial charge on any atom is 0.224 e. The Morgan fingerprint density at radius 1 is 1.23 bits per heavy atom. The second-order valence-electron chi connectivity index (χ2n) is 9.48. The minimum Gasteiger partial charge on any atom is -0.360 e. The van der Waals surface area contributed by atoms with Crippen LogP contribution in [-0.2, 0) is 11.2 Å². The van der Waals surface area contributed by atoms with Gasteiger partial charge in [0, 0.05) is 35.6 Å². The zero-order valence-electron chi connectivity index (χ0n) is 18.5. The van der Waals surface area contributed by atoms with E-state index in [9.17, 15) is 9.18 Å². The van der Waals surface area contributed by atoms with E-state index in [0.717, 1.165) is 41.2 Å². The molecule has 0 saturated heterocycles. The maximum atomic E-state index is 13.6. The fraction of sp³-hybridized carbons (Fsp3) is 0.360. The molecule has 1 aromatic heterocycles. The highest BCUT2D eigenvalue weighted by atomic mass is 19.1. The summed E-state index contributed by atoms with van der Waals surface area (Å²) < 4.78 is 13.6. The van der Waals surface area contributed by atoms with Gasteiger partial charge < -0.3 is 10.2 Å². The van der Waals surface area contributed by atoms with Gasteiger partial charge in [0.25, 0.3) is 0 Å². The molecule has 6 heteroatoms. The molecule has 0 spiro atoms. The zero-order chi connectivity index (χ0) is 22.2. The Labute approximate surface area is 182 Å². The lowest BCUT2D eigenvalue weighted by atomic mass is 9.92. The van der Waals surface area contributed by atoms with E-state index in [2.05, 4.69) is 53.3 Å². The summed E-state index contributed by atoms with van der Waals surface area (Å²) in [5.41, 5.74) is 6.18. The lowest BCUT2D eigenvalue weighted by Gasteiger charge is -2.31. The van der Waals surface area contributed by atoms with Crippen LogP contribution in [0.5, 0.6) is 0 Å². The van der Waals surface area contributed by atoms with Crippen molar-refractivity contribution in [2.24, 2.45) is 5.41 Å². The predicted molar refractivity (Wildman–Crippen MR) is 122 cm³/mol. The Morgan fingerprint density at radius 2 is 1.97 bits per heavy atom. The van der Waals surface area contributed by atoms with Crippen LogP contribution >= 0.6 is 0 Å². The number of nitrogens with zero attached hydrogens (tertiary/aromatic N) is 2. The zero-order valence-corrected chi connectivity index (χ0v) is 18.5. The van der Waals surface area contributed by atoms with E-state index < -0.39 is 0 Å². The third-order valence-corrected chi connectivity index (χ3v) is 5.65. The minimum atomic E-state index is -0.246. The van der Waals surface area contributed by atoms with Crippen molar-refractivity contribution in [2.45, 2.75) is 46.6 Å². The molecule has 1 amide bonds. The van der Waals surface area contributed by atoms with Crippen molar-refractivity contribution in [2.75, 3.05) is 16.8 Å². The molecule has 1 atom stereocenters. The minimum absolute atomic E-state index is 0.0283. The molecule has 1 unspecified atom stereocenters. The van der Waals surface area contributed by atoms with E-state index in [1.807, 2.05) is 31.3 Å². The summed E-state index contributed by atoms with van der Waals surface area (Å²) in [5.74, 6) is -0.218. The van der Waals surface area contributed by atoms with Crippen LogP contribution in [0.4, 0.5) is 15.8 Å². The average molecular weight is 421 g/mol. The van der Waals surface area contributed by atoms with Crippen LogP contribution < -0.4 is 10.2 Å². The molecule has 2 heterocycles. The van der Waals surface area contributed by atoms with Crippen molar-refractivity contribution in [3.05, 3.63) is 76.9 Å². The Balaban J connectivity index is 1.64. The fourth-order valence-corrected chi connectivity index (χ4v) is 4.27. The first-order chi connectivity index (χ1) is 14.7. The quantitative estimate of drug-likeness (QED) is 0.582. The molecule has 0 radical (unpaired) electrons. The summed E-state index contributed by atoms with van der Waals surface area (Å²) in [7, 11) is 0. The second kappa shape index (κ2) is 8.17. The van der Waals surface area contributed by atoms with Crippen LogP contribution in [0.2, 0.25) is 0 Å². The van der Waals surface area contributed by atoms with E-state index >= 15 is 0 Å². The number of hydrogen-bond donors (Lipinski definition) is 2. The number of benzene rings is 2. The Morgan fingerprint density at radius 3 is 2.61 bits per heavy atom. The van der Waals surface area contributed by atoms with Gasteiger partial charge >= 0.3 is 0 Å². The van der Waals surface area contributed by atoms with Crippen molar-refractivity contribution in [1.82, 2.24) is 10.2 Å². The monoisotopic (exact) mass is 420 g/mol. The van der Waals surface area contributed by atoms with Crippen molar-refractivity contribution in [3.63, 3.8) is 0 Å². The highest BCUT2D eigenvalue weighted by Gasteiger charge is 2.30. The molecular formula is C25H29FN4O. The molecule has 4 rings (SSSR count). The number of amides is 1. The molecular weight excluding hydrogens is 391 g/mol.